The van der Waals surface area contributed by atoms with E-state index < -0.39 is 12.0 Å². The fourth-order valence-corrected chi connectivity index (χ4v) is 0.952. The molecular formula is C9H14N2O3. The second-order valence-corrected chi connectivity index (χ2v) is 2.89. The monoisotopic (exact) mass is 198 g/mol. The molecule has 0 aliphatic heterocycles. The third-order valence-corrected chi connectivity index (χ3v) is 1.72. The predicted molar refractivity (Wildman–Crippen MR) is 50.6 cm³/mol. The van der Waals surface area contributed by atoms with Gasteiger partial charge in [0, 0.05) is 6.07 Å². The normalized spacial score (nSPS) is 12.4. The van der Waals surface area contributed by atoms with Crippen LogP contribution in [-0.4, -0.2) is 18.6 Å². The lowest BCUT2D eigenvalue weighted by atomic mass is 10.2. The van der Waals surface area contributed by atoms with Crippen LogP contribution in [0.3, 0.4) is 0 Å². The largest absolute Gasteiger partial charge is 0.434 e. The topological polar surface area (TPSA) is 91.5 Å². The summed E-state index contributed by atoms with van der Waals surface area (Å²) in [7, 11) is 0. The van der Waals surface area contributed by atoms with Crippen molar-refractivity contribution in [3.63, 3.8) is 0 Å². The minimum Gasteiger partial charge on any atom is -0.434 e. The van der Waals surface area contributed by atoms with Crippen LogP contribution in [-0.2, 0) is 4.79 Å². The molecule has 0 amide bonds. The molecule has 0 aliphatic rings. The van der Waals surface area contributed by atoms with Crippen molar-refractivity contribution in [1.82, 2.24) is 0 Å². The third-order valence-electron chi connectivity index (χ3n) is 1.72. The Balaban J connectivity index is 2.34. The number of hydrogen-bond acceptors (Lipinski definition) is 5. The highest BCUT2D eigenvalue weighted by molar-refractivity contribution is 5.77. The molecule has 1 heterocycles. The zero-order chi connectivity index (χ0) is 10.4. The van der Waals surface area contributed by atoms with Crippen LogP contribution in [0.5, 0.6) is 5.95 Å². The van der Waals surface area contributed by atoms with Crippen LogP contribution in [0.15, 0.2) is 22.8 Å². The van der Waals surface area contributed by atoms with E-state index in [1.165, 1.54) is 6.26 Å². The number of hydrogen-bond donors (Lipinski definition) is 2. The van der Waals surface area contributed by atoms with Gasteiger partial charge in [0.05, 0.1) is 6.26 Å². The molecule has 0 saturated carbocycles. The average Bonchev–Trinajstić information content (AvgIpc) is 2.66. The second-order valence-electron chi connectivity index (χ2n) is 2.89. The Kier molecular flexibility index (Phi) is 4.15. The first-order chi connectivity index (χ1) is 6.74. The Bertz CT molecular complexity index is 272. The first-order valence-electron chi connectivity index (χ1n) is 4.45. The Morgan fingerprint density at radius 2 is 2.43 bits per heavy atom. The minimum atomic E-state index is -0.636. The zero-order valence-electron chi connectivity index (χ0n) is 7.81. The summed E-state index contributed by atoms with van der Waals surface area (Å²) in [5, 5.41) is 0. The first kappa shape index (κ1) is 10.7. The molecule has 1 rings (SSSR count). The molecule has 0 unspecified atom stereocenters. The number of rotatable bonds is 5. The maximum absolute atomic E-state index is 11.3. The number of ether oxygens (including phenoxy) is 1. The first-order valence-corrected chi connectivity index (χ1v) is 4.45. The molecule has 0 fully saturated rings. The number of esters is 1. The molecule has 5 heteroatoms. The molecule has 14 heavy (non-hydrogen) atoms. The summed E-state index contributed by atoms with van der Waals surface area (Å²) in [6, 6.07) is 2.55. The highest BCUT2D eigenvalue weighted by Gasteiger charge is 2.16. The third kappa shape index (κ3) is 3.20. The van der Waals surface area contributed by atoms with E-state index in [2.05, 4.69) is 0 Å². The van der Waals surface area contributed by atoms with Crippen LogP contribution >= 0.6 is 0 Å². The lowest BCUT2D eigenvalue weighted by molar-refractivity contribution is -0.137. The molecule has 0 spiro atoms. The van der Waals surface area contributed by atoms with Gasteiger partial charge in [0.1, 0.15) is 6.04 Å². The molecule has 0 bridgehead atoms. The van der Waals surface area contributed by atoms with Crippen LogP contribution in [0.1, 0.15) is 12.8 Å². The van der Waals surface area contributed by atoms with E-state index in [1.54, 1.807) is 12.1 Å². The van der Waals surface area contributed by atoms with E-state index in [-0.39, 0.29) is 5.95 Å². The number of carbonyl (C=O) groups excluding carboxylic acids is 1. The molecule has 1 aromatic heterocycles. The molecule has 0 radical (unpaired) electrons. The molecule has 0 saturated heterocycles. The van der Waals surface area contributed by atoms with E-state index >= 15 is 0 Å². The zero-order valence-corrected chi connectivity index (χ0v) is 7.81. The SMILES string of the molecule is NCCC[C@@H](N)C(=O)Oc1ccco1. The van der Waals surface area contributed by atoms with Crippen molar-refractivity contribution in [3.8, 4) is 5.95 Å². The van der Waals surface area contributed by atoms with Crippen LogP contribution in [0.2, 0.25) is 0 Å². The van der Waals surface area contributed by atoms with Crippen LogP contribution in [0, 0.1) is 0 Å². The van der Waals surface area contributed by atoms with Crippen molar-refractivity contribution in [2.45, 2.75) is 18.9 Å². The maximum atomic E-state index is 11.3. The van der Waals surface area contributed by atoms with Gasteiger partial charge in [-0.05, 0) is 25.5 Å². The Morgan fingerprint density at radius 1 is 1.64 bits per heavy atom. The van der Waals surface area contributed by atoms with Gasteiger partial charge in [0.25, 0.3) is 5.95 Å². The van der Waals surface area contributed by atoms with Crippen LogP contribution < -0.4 is 16.2 Å². The lowest BCUT2D eigenvalue weighted by Gasteiger charge is -2.08. The fraction of sp³-hybridized carbons (Fsp3) is 0.444. The van der Waals surface area contributed by atoms with Gasteiger partial charge >= 0.3 is 5.97 Å². The van der Waals surface area contributed by atoms with Gasteiger partial charge in [-0.3, -0.25) is 0 Å². The van der Waals surface area contributed by atoms with Crippen molar-refractivity contribution < 1.29 is 13.9 Å². The summed E-state index contributed by atoms with van der Waals surface area (Å²) < 4.78 is 9.68. The van der Waals surface area contributed by atoms with Crippen molar-refractivity contribution in [2.75, 3.05) is 6.54 Å². The van der Waals surface area contributed by atoms with Crippen molar-refractivity contribution in [2.24, 2.45) is 11.5 Å². The standard InChI is InChI=1S/C9H14N2O3/c10-5-1-3-7(11)9(12)14-8-4-2-6-13-8/h2,4,6-7H,1,3,5,10-11H2/t7-/m1/s1. The molecule has 1 atom stereocenters. The fourth-order valence-electron chi connectivity index (χ4n) is 0.952. The minimum absolute atomic E-state index is 0.165. The number of furan rings is 1. The Labute approximate surface area is 82.0 Å². The van der Waals surface area contributed by atoms with Crippen molar-refractivity contribution in [3.05, 3.63) is 18.4 Å². The average molecular weight is 198 g/mol. The highest BCUT2D eigenvalue weighted by atomic mass is 16.6. The predicted octanol–water partition coefficient (Wildman–Crippen LogP) is 0.251. The molecule has 0 aliphatic carbocycles. The Morgan fingerprint density at radius 3 is 3.00 bits per heavy atom. The van der Waals surface area contributed by atoms with Gasteiger partial charge in [-0.25, -0.2) is 4.79 Å². The van der Waals surface area contributed by atoms with Crippen LogP contribution in [0.25, 0.3) is 0 Å². The maximum Gasteiger partial charge on any atom is 0.330 e. The molecule has 0 aromatic carbocycles. The van der Waals surface area contributed by atoms with Gasteiger partial charge in [-0.15, -0.1) is 0 Å². The van der Waals surface area contributed by atoms with Gasteiger partial charge in [0.15, 0.2) is 0 Å². The summed E-state index contributed by atoms with van der Waals surface area (Å²) >= 11 is 0. The van der Waals surface area contributed by atoms with Gasteiger partial charge in [-0.1, -0.05) is 0 Å². The summed E-state index contributed by atoms with van der Waals surface area (Å²) in [5.41, 5.74) is 10.8. The van der Waals surface area contributed by atoms with E-state index in [1.807, 2.05) is 0 Å². The van der Waals surface area contributed by atoms with Gasteiger partial charge in [-0.2, -0.15) is 0 Å². The lowest BCUT2D eigenvalue weighted by Crippen LogP contribution is -2.34. The molecule has 1 aromatic rings. The van der Waals surface area contributed by atoms with Gasteiger partial charge in [0.2, 0.25) is 0 Å². The Hall–Kier alpha value is -1.33. The molecule has 5 nitrogen and oxygen atoms in total. The van der Waals surface area contributed by atoms with Crippen molar-refractivity contribution >= 4 is 5.97 Å². The number of nitrogens with two attached hydrogens (primary N) is 2. The second kappa shape index (κ2) is 5.41. The van der Waals surface area contributed by atoms with E-state index in [4.69, 9.17) is 20.6 Å². The quantitative estimate of drug-likeness (QED) is 0.662. The number of carbonyl (C=O) groups is 1. The van der Waals surface area contributed by atoms with Gasteiger partial charge < -0.3 is 20.6 Å². The van der Waals surface area contributed by atoms with Crippen LogP contribution in [0.4, 0.5) is 0 Å². The highest BCUT2D eigenvalue weighted by Crippen LogP contribution is 2.11. The van der Waals surface area contributed by atoms with E-state index in [0.717, 1.165) is 0 Å². The molecular weight excluding hydrogens is 184 g/mol. The summed E-state index contributed by atoms with van der Waals surface area (Å²) in [4.78, 5) is 11.3. The summed E-state index contributed by atoms with van der Waals surface area (Å²) in [6.45, 7) is 0.516. The summed E-state index contributed by atoms with van der Waals surface area (Å²) in [5.74, 6) is -0.327. The smallest absolute Gasteiger partial charge is 0.330 e. The summed E-state index contributed by atoms with van der Waals surface area (Å²) in [6.07, 6.45) is 2.65. The molecule has 78 valence electrons. The molecule has 4 N–H and O–H groups in total. The van der Waals surface area contributed by atoms with E-state index in [9.17, 15) is 4.79 Å². The van der Waals surface area contributed by atoms with Crippen molar-refractivity contribution in [1.29, 1.82) is 0 Å². The van der Waals surface area contributed by atoms with E-state index in [0.29, 0.717) is 19.4 Å².